The predicted octanol–water partition coefficient (Wildman–Crippen LogP) is 3.15. The van der Waals surface area contributed by atoms with Crippen LogP contribution < -0.4 is 0 Å². The number of hydrogen-bond acceptors (Lipinski definition) is 4. The molecule has 0 aliphatic carbocycles. The Morgan fingerprint density at radius 1 is 1.07 bits per heavy atom. The zero-order valence-corrected chi connectivity index (χ0v) is 16.5. The molecule has 0 fully saturated rings. The van der Waals surface area contributed by atoms with Gasteiger partial charge in [-0.1, -0.05) is 30.3 Å². The lowest BCUT2D eigenvalue weighted by molar-refractivity contribution is -0.161. The highest BCUT2D eigenvalue weighted by molar-refractivity contribution is 6.07. The van der Waals surface area contributed by atoms with Crippen LogP contribution in [0.15, 0.2) is 36.5 Å². The van der Waals surface area contributed by atoms with Gasteiger partial charge in [-0.3, -0.25) is 9.59 Å². The third-order valence-electron chi connectivity index (χ3n) is 4.92. The first-order valence-electron chi connectivity index (χ1n) is 8.69. The fraction of sp³-hybridized carbons (Fsp3) is 0.364. The van der Waals surface area contributed by atoms with Gasteiger partial charge in [-0.2, -0.15) is 0 Å². The van der Waals surface area contributed by atoms with Crippen LogP contribution in [-0.4, -0.2) is 30.7 Å². The van der Waals surface area contributed by atoms with E-state index >= 15 is 0 Å². The Morgan fingerprint density at radius 3 is 2.19 bits per heavy atom. The van der Waals surface area contributed by atoms with Crippen LogP contribution in [0.4, 0.5) is 0 Å². The molecule has 27 heavy (non-hydrogen) atoms. The summed E-state index contributed by atoms with van der Waals surface area (Å²) in [6.07, 6.45) is 1.83. The van der Waals surface area contributed by atoms with Gasteiger partial charge in [0.25, 0.3) is 0 Å². The van der Waals surface area contributed by atoms with Gasteiger partial charge in [0, 0.05) is 30.4 Å². The molecule has 0 bridgehead atoms. The van der Waals surface area contributed by atoms with Crippen molar-refractivity contribution in [3.8, 4) is 11.8 Å². The average Bonchev–Trinajstić information content (AvgIpc) is 2.97. The van der Waals surface area contributed by atoms with E-state index in [0.717, 1.165) is 16.8 Å². The molecule has 0 radical (unpaired) electrons. The van der Waals surface area contributed by atoms with E-state index in [1.807, 2.05) is 54.9 Å². The highest BCUT2D eigenvalue weighted by atomic mass is 16.5. The average molecular weight is 367 g/mol. The molecule has 0 unspecified atom stereocenters. The maximum absolute atomic E-state index is 12.8. The van der Waals surface area contributed by atoms with Crippen LogP contribution in [0.1, 0.15) is 35.7 Å². The Labute approximate surface area is 160 Å². The molecule has 5 heteroatoms. The fourth-order valence-electron chi connectivity index (χ4n) is 3.25. The summed E-state index contributed by atoms with van der Waals surface area (Å²) in [5.74, 6) is 4.28. The summed E-state index contributed by atoms with van der Waals surface area (Å²) in [4.78, 5) is 25.5. The Balaban J connectivity index is 2.64. The van der Waals surface area contributed by atoms with Crippen molar-refractivity contribution in [1.82, 2.24) is 4.57 Å². The van der Waals surface area contributed by atoms with Crippen molar-refractivity contribution in [2.45, 2.75) is 39.2 Å². The highest BCUT2D eigenvalue weighted by Gasteiger charge is 2.51. The molecule has 0 aliphatic heterocycles. The first-order valence-corrected chi connectivity index (χ1v) is 8.69. The van der Waals surface area contributed by atoms with Crippen molar-refractivity contribution in [3.05, 3.63) is 58.9 Å². The molecule has 0 saturated heterocycles. The zero-order valence-electron chi connectivity index (χ0n) is 16.5. The van der Waals surface area contributed by atoms with E-state index in [9.17, 15) is 9.59 Å². The van der Waals surface area contributed by atoms with E-state index in [1.165, 1.54) is 14.2 Å². The van der Waals surface area contributed by atoms with Crippen molar-refractivity contribution in [3.63, 3.8) is 0 Å². The molecule has 2 aromatic rings. The first kappa shape index (κ1) is 20.3. The Hall–Kier alpha value is -3.00. The molecule has 0 saturated carbocycles. The molecule has 0 N–H and O–H groups in total. The standard InChI is InChI=1S/C22H25NO4/c1-6-7-13-22(20(24)26-4,21(25)27-5)19-15-23(17(3)16(19)2)14-18-11-9-8-10-12-18/h8-12,15H,13-14H2,1-5H3. The summed E-state index contributed by atoms with van der Waals surface area (Å²) >= 11 is 0. The van der Waals surface area contributed by atoms with Crippen molar-refractivity contribution in [1.29, 1.82) is 0 Å². The summed E-state index contributed by atoms with van der Waals surface area (Å²) in [5, 5.41) is 0. The monoisotopic (exact) mass is 367 g/mol. The van der Waals surface area contributed by atoms with E-state index in [2.05, 4.69) is 11.8 Å². The normalized spacial score (nSPS) is 10.7. The first-order chi connectivity index (χ1) is 12.9. The minimum Gasteiger partial charge on any atom is -0.468 e. The number of carbonyl (C=O) groups is 2. The maximum atomic E-state index is 12.8. The van der Waals surface area contributed by atoms with E-state index in [4.69, 9.17) is 9.47 Å². The Bertz CT molecular complexity index is 868. The van der Waals surface area contributed by atoms with Crippen LogP contribution in [0, 0.1) is 25.7 Å². The predicted molar refractivity (Wildman–Crippen MR) is 103 cm³/mol. The third-order valence-corrected chi connectivity index (χ3v) is 4.92. The van der Waals surface area contributed by atoms with Crippen LogP contribution in [0.2, 0.25) is 0 Å². The van der Waals surface area contributed by atoms with Gasteiger partial charge in [0.1, 0.15) is 0 Å². The van der Waals surface area contributed by atoms with Crippen LogP contribution >= 0.6 is 0 Å². The second-order valence-electron chi connectivity index (χ2n) is 6.36. The number of aromatic nitrogens is 1. The summed E-state index contributed by atoms with van der Waals surface area (Å²) in [6.45, 7) is 6.15. The molecular formula is C22H25NO4. The van der Waals surface area contributed by atoms with Gasteiger partial charge in [-0.05, 0) is 31.9 Å². The van der Waals surface area contributed by atoms with Gasteiger partial charge in [-0.15, -0.1) is 11.8 Å². The summed E-state index contributed by atoms with van der Waals surface area (Å²) in [5.41, 5.74) is 1.90. The SMILES string of the molecule is CC#CCC(C(=O)OC)(C(=O)OC)c1cn(Cc2ccccc2)c(C)c1C. The number of hydrogen-bond donors (Lipinski definition) is 0. The second-order valence-corrected chi connectivity index (χ2v) is 6.36. The Kier molecular flexibility index (Phi) is 6.46. The molecule has 1 aromatic heterocycles. The van der Waals surface area contributed by atoms with Gasteiger partial charge < -0.3 is 14.0 Å². The van der Waals surface area contributed by atoms with Gasteiger partial charge in [0.15, 0.2) is 0 Å². The lowest BCUT2D eigenvalue weighted by Gasteiger charge is -2.26. The zero-order chi connectivity index (χ0) is 20.0. The summed E-state index contributed by atoms with van der Waals surface area (Å²) in [6, 6.07) is 9.99. The highest BCUT2D eigenvalue weighted by Crippen LogP contribution is 2.36. The quantitative estimate of drug-likeness (QED) is 0.447. The molecule has 0 atom stereocenters. The van der Waals surface area contributed by atoms with Crippen molar-refractivity contribution in [2.75, 3.05) is 14.2 Å². The van der Waals surface area contributed by atoms with Crippen molar-refractivity contribution < 1.29 is 19.1 Å². The minimum absolute atomic E-state index is 0.00151. The Morgan fingerprint density at radius 2 is 1.67 bits per heavy atom. The number of rotatable bonds is 6. The van der Waals surface area contributed by atoms with Gasteiger partial charge >= 0.3 is 11.9 Å². The molecule has 0 aliphatic rings. The molecule has 2 rings (SSSR count). The van der Waals surface area contributed by atoms with Gasteiger partial charge in [0.2, 0.25) is 5.41 Å². The molecule has 1 aromatic carbocycles. The topological polar surface area (TPSA) is 57.5 Å². The van der Waals surface area contributed by atoms with Gasteiger partial charge in [0.05, 0.1) is 14.2 Å². The molecule has 1 heterocycles. The summed E-state index contributed by atoms with van der Waals surface area (Å²) in [7, 11) is 2.53. The molecule has 142 valence electrons. The van der Waals surface area contributed by atoms with E-state index in [-0.39, 0.29) is 6.42 Å². The lowest BCUT2D eigenvalue weighted by atomic mass is 9.77. The van der Waals surface area contributed by atoms with Crippen LogP contribution in [-0.2, 0) is 31.0 Å². The maximum Gasteiger partial charge on any atom is 0.328 e. The van der Waals surface area contributed by atoms with Crippen molar-refractivity contribution >= 4 is 11.9 Å². The summed E-state index contributed by atoms with van der Waals surface area (Å²) < 4.78 is 12.0. The number of methoxy groups -OCH3 is 2. The smallest absolute Gasteiger partial charge is 0.328 e. The van der Waals surface area contributed by atoms with Gasteiger partial charge in [-0.25, -0.2) is 0 Å². The molecule has 5 nitrogen and oxygen atoms in total. The molecule has 0 spiro atoms. The van der Waals surface area contributed by atoms with Crippen LogP contribution in [0.3, 0.4) is 0 Å². The molecule has 0 amide bonds. The number of benzene rings is 1. The third kappa shape index (κ3) is 3.75. The number of esters is 2. The lowest BCUT2D eigenvalue weighted by Crippen LogP contribution is -2.45. The van der Waals surface area contributed by atoms with E-state index < -0.39 is 17.4 Å². The minimum atomic E-state index is -1.61. The van der Waals surface area contributed by atoms with E-state index in [1.54, 1.807) is 6.92 Å². The van der Waals surface area contributed by atoms with E-state index in [0.29, 0.717) is 12.1 Å². The number of ether oxygens (including phenoxy) is 2. The molecular weight excluding hydrogens is 342 g/mol. The van der Waals surface area contributed by atoms with Crippen molar-refractivity contribution in [2.24, 2.45) is 0 Å². The largest absolute Gasteiger partial charge is 0.468 e. The second kappa shape index (κ2) is 8.59. The van der Waals surface area contributed by atoms with Crippen LogP contribution in [0.25, 0.3) is 0 Å². The number of carbonyl (C=O) groups excluding carboxylic acids is 2. The fourth-order valence-corrected chi connectivity index (χ4v) is 3.25. The van der Waals surface area contributed by atoms with Crippen LogP contribution in [0.5, 0.6) is 0 Å². The number of nitrogens with zero attached hydrogens (tertiary/aromatic N) is 1.